The summed E-state index contributed by atoms with van der Waals surface area (Å²) in [5, 5.41) is 11.1. The summed E-state index contributed by atoms with van der Waals surface area (Å²) in [7, 11) is 0. The number of benzene rings is 3. The van der Waals surface area contributed by atoms with Gasteiger partial charge in [-0.3, -0.25) is 24.1 Å². The lowest BCUT2D eigenvalue weighted by Gasteiger charge is -2.32. The van der Waals surface area contributed by atoms with E-state index in [2.05, 4.69) is 0 Å². The third-order valence-corrected chi connectivity index (χ3v) is 7.53. The first-order valence-electron chi connectivity index (χ1n) is 11.4. The molecular weight excluding hydrogens is 466 g/mol. The molecular formula is C28H22ClNO5. The van der Waals surface area contributed by atoms with Crippen molar-refractivity contribution >= 4 is 35.2 Å². The van der Waals surface area contributed by atoms with Crippen LogP contribution in [0.2, 0.25) is 5.02 Å². The fraction of sp³-hybridized carbons (Fsp3) is 0.214. The van der Waals surface area contributed by atoms with Gasteiger partial charge in [0.1, 0.15) is 5.41 Å². The predicted molar refractivity (Wildman–Crippen MR) is 130 cm³/mol. The van der Waals surface area contributed by atoms with E-state index in [1.54, 1.807) is 66.7 Å². The summed E-state index contributed by atoms with van der Waals surface area (Å²) in [5.41, 5.74) is -0.0501. The zero-order valence-corrected chi connectivity index (χ0v) is 19.4. The largest absolute Gasteiger partial charge is 0.480 e. The van der Waals surface area contributed by atoms with Gasteiger partial charge in [-0.05, 0) is 48.6 Å². The Kier molecular flexibility index (Phi) is 5.77. The van der Waals surface area contributed by atoms with Crippen LogP contribution in [-0.2, 0) is 4.79 Å². The Labute approximate surface area is 207 Å². The number of carboxylic acids is 1. The molecule has 2 amide bonds. The molecule has 0 radical (unpaired) electrons. The van der Waals surface area contributed by atoms with Crippen molar-refractivity contribution in [2.75, 3.05) is 6.54 Å². The van der Waals surface area contributed by atoms with Crippen LogP contribution in [0.4, 0.5) is 0 Å². The second kappa shape index (κ2) is 8.78. The third-order valence-electron chi connectivity index (χ3n) is 7.28. The SMILES string of the molecule is O=C1c2ccccc2C(=O)N1C[C@H]1C[C@H](c2ccc(Cl)cc2)CC1(C(=O)O)C(=O)c1ccccc1. The van der Waals surface area contributed by atoms with Gasteiger partial charge in [-0.25, -0.2) is 0 Å². The minimum absolute atomic E-state index is 0.0610. The summed E-state index contributed by atoms with van der Waals surface area (Å²) < 4.78 is 0. The van der Waals surface area contributed by atoms with Gasteiger partial charge >= 0.3 is 5.97 Å². The van der Waals surface area contributed by atoms with Gasteiger partial charge in [-0.15, -0.1) is 0 Å². The molecule has 7 heteroatoms. The first kappa shape index (κ1) is 23.0. The van der Waals surface area contributed by atoms with Gasteiger partial charge in [-0.1, -0.05) is 66.2 Å². The van der Waals surface area contributed by atoms with E-state index in [4.69, 9.17) is 11.6 Å². The van der Waals surface area contributed by atoms with Gasteiger partial charge in [0.2, 0.25) is 0 Å². The van der Waals surface area contributed by atoms with E-state index in [0.29, 0.717) is 28.1 Å². The molecule has 0 aromatic heterocycles. The van der Waals surface area contributed by atoms with Crippen LogP contribution in [0.5, 0.6) is 0 Å². The number of carbonyl (C=O) groups excluding carboxylic acids is 3. The molecule has 1 heterocycles. The highest BCUT2D eigenvalue weighted by Crippen LogP contribution is 2.53. The zero-order valence-electron chi connectivity index (χ0n) is 18.7. The number of carboxylic acid groups (broad SMARTS) is 1. The first-order chi connectivity index (χ1) is 16.8. The maximum atomic E-state index is 13.8. The molecule has 0 bridgehead atoms. The van der Waals surface area contributed by atoms with Crippen molar-refractivity contribution in [3.8, 4) is 0 Å². The lowest BCUT2D eigenvalue weighted by molar-refractivity contribution is -0.148. The number of Topliss-reactive ketones (excluding diaryl/α,β-unsaturated/α-hetero) is 1. The number of imide groups is 1. The Balaban J connectivity index is 1.56. The molecule has 35 heavy (non-hydrogen) atoms. The van der Waals surface area contributed by atoms with Crippen LogP contribution in [0.3, 0.4) is 0 Å². The fourth-order valence-electron chi connectivity index (χ4n) is 5.51. The minimum atomic E-state index is -1.79. The first-order valence-corrected chi connectivity index (χ1v) is 11.7. The minimum Gasteiger partial charge on any atom is -0.480 e. The van der Waals surface area contributed by atoms with Gasteiger partial charge in [0.05, 0.1) is 11.1 Å². The van der Waals surface area contributed by atoms with E-state index < -0.39 is 34.9 Å². The van der Waals surface area contributed by atoms with Crippen LogP contribution in [0.25, 0.3) is 0 Å². The van der Waals surface area contributed by atoms with Gasteiger partial charge in [-0.2, -0.15) is 0 Å². The van der Waals surface area contributed by atoms with Gasteiger partial charge in [0.15, 0.2) is 5.78 Å². The summed E-state index contributed by atoms with van der Waals surface area (Å²) in [6.07, 6.45) is 0.394. The maximum Gasteiger partial charge on any atom is 0.317 e. The third kappa shape index (κ3) is 3.74. The monoisotopic (exact) mass is 487 g/mol. The molecule has 1 aliphatic heterocycles. The van der Waals surface area contributed by atoms with Gasteiger partial charge in [0.25, 0.3) is 11.8 Å². The summed E-state index contributed by atoms with van der Waals surface area (Å²) >= 11 is 6.04. The van der Waals surface area contributed by atoms with E-state index in [1.807, 2.05) is 12.1 Å². The molecule has 0 spiro atoms. The van der Waals surface area contributed by atoms with E-state index in [1.165, 1.54) is 0 Å². The number of fused-ring (bicyclic) bond motifs is 1. The summed E-state index contributed by atoms with van der Waals surface area (Å²) in [6.45, 7) is -0.151. The number of amides is 2. The number of halogens is 1. The van der Waals surface area contributed by atoms with E-state index >= 15 is 0 Å². The van der Waals surface area contributed by atoms with Crippen molar-refractivity contribution in [2.24, 2.45) is 11.3 Å². The van der Waals surface area contributed by atoms with E-state index in [0.717, 1.165) is 10.5 Å². The highest BCUT2D eigenvalue weighted by molar-refractivity contribution is 6.30. The van der Waals surface area contributed by atoms with Crippen LogP contribution >= 0.6 is 11.6 Å². The average Bonchev–Trinajstić information content (AvgIpc) is 3.37. The number of hydrogen-bond acceptors (Lipinski definition) is 4. The Morgan fingerprint density at radius 3 is 2.03 bits per heavy atom. The summed E-state index contributed by atoms with van der Waals surface area (Å²) in [5.74, 6) is -3.71. The maximum absolute atomic E-state index is 13.8. The number of rotatable bonds is 6. The van der Waals surface area contributed by atoms with Crippen LogP contribution in [0.1, 0.15) is 55.4 Å². The molecule has 6 nitrogen and oxygen atoms in total. The molecule has 5 rings (SSSR count). The Morgan fingerprint density at radius 1 is 0.886 bits per heavy atom. The van der Waals surface area contributed by atoms with Crippen molar-refractivity contribution in [1.29, 1.82) is 0 Å². The number of nitrogens with zero attached hydrogens (tertiary/aromatic N) is 1. The Bertz CT molecular complexity index is 1300. The highest BCUT2D eigenvalue weighted by atomic mass is 35.5. The average molecular weight is 488 g/mol. The van der Waals surface area contributed by atoms with Crippen molar-refractivity contribution in [3.05, 3.63) is 106 Å². The topological polar surface area (TPSA) is 91.8 Å². The molecule has 3 aromatic rings. The van der Waals surface area contributed by atoms with Crippen molar-refractivity contribution < 1.29 is 24.3 Å². The molecule has 1 fully saturated rings. The quantitative estimate of drug-likeness (QED) is 0.297. The molecule has 1 aliphatic carbocycles. The van der Waals surface area contributed by atoms with Crippen molar-refractivity contribution in [1.82, 2.24) is 4.90 Å². The standard InChI is InChI=1S/C28H22ClNO5/c29-21-12-10-17(11-13-21)19-14-20(16-30-25(32)22-8-4-5-9-23(22)26(30)33)28(15-19,27(34)35)24(31)18-6-2-1-3-7-18/h1-13,19-20H,14-16H2,(H,34,35)/t19-,20+,28?/m0/s1. The number of carbonyl (C=O) groups is 4. The fourth-order valence-corrected chi connectivity index (χ4v) is 5.64. The molecule has 3 atom stereocenters. The predicted octanol–water partition coefficient (Wildman–Crippen LogP) is 5.08. The molecule has 1 unspecified atom stereocenters. The lowest BCUT2D eigenvalue weighted by Crippen LogP contribution is -2.48. The van der Waals surface area contributed by atoms with E-state index in [9.17, 15) is 24.3 Å². The molecule has 3 aromatic carbocycles. The number of ketones is 1. The van der Waals surface area contributed by atoms with Crippen molar-refractivity contribution in [3.63, 3.8) is 0 Å². The number of aliphatic carboxylic acids is 1. The van der Waals surface area contributed by atoms with Crippen LogP contribution in [-0.4, -0.2) is 40.1 Å². The highest BCUT2D eigenvalue weighted by Gasteiger charge is 2.59. The second-order valence-corrected chi connectivity index (χ2v) is 9.56. The second-order valence-electron chi connectivity index (χ2n) is 9.12. The molecule has 2 aliphatic rings. The van der Waals surface area contributed by atoms with E-state index in [-0.39, 0.29) is 18.9 Å². The molecule has 176 valence electrons. The Morgan fingerprint density at radius 2 is 1.46 bits per heavy atom. The van der Waals surface area contributed by atoms with Crippen molar-refractivity contribution in [2.45, 2.75) is 18.8 Å². The van der Waals surface area contributed by atoms with Gasteiger partial charge in [0, 0.05) is 23.0 Å². The zero-order chi connectivity index (χ0) is 24.7. The lowest BCUT2D eigenvalue weighted by atomic mass is 9.71. The molecule has 1 saturated carbocycles. The summed E-state index contributed by atoms with van der Waals surface area (Å²) in [6, 6.07) is 22.0. The molecule has 1 N–H and O–H groups in total. The normalized spacial score (nSPS) is 23.4. The molecule has 0 saturated heterocycles. The smallest absolute Gasteiger partial charge is 0.317 e. The van der Waals surface area contributed by atoms with Crippen LogP contribution in [0.15, 0.2) is 78.9 Å². The number of hydrogen-bond donors (Lipinski definition) is 1. The van der Waals surface area contributed by atoms with Crippen LogP contribution in [0, 0.1) is 11.3 Å². The van der Waals surface area contributed by atoms with Gasteiger partial charge < -0.3 is 5.11 Å². The summed E-state index contributed by atoms with van der Waals surface area (Å²) in [4.78, 5) is 53.9. The van der Waals surface area contributed by atoms with Crippen LogP contribution < -0.4 is 0 Å². The Hall–Kier alpha value is -3.77.